The summed E-state index contributed by atoms with van der Waals surface area (Å²) in [5, 5.41) is 20.5. The van der Waals surface area contributed by atoms with Crippen molar-refractivity contribution in [1.82, 2.24) is 15.0 Å². The Hall–Kier alpha value is -5.15. The van der Waals surface area contributed by atoms with Gasteiger partial charge in [-0.25, -0.2) is 0 Å². The van der Waals surface area contributed by atoms with E-state index >= 15 is 4.79 Å². The molecule has 8 rings (SSSR count). The van der Waals surface area contributed by atoms with Crippen molar-refractivity contribution in [3.8, 4) is 5.75 Å². The third-order valence-corrected chi connectivity index (χ3v) is 17.3. The minimum absolute atomic E-state index is 0.00286. The van der Waals surface area contributed by atoms with E-state index in [1.165, 1.54) is 17.0 Å². The number of rotatable bonds is 13. The van der Waals surface area contributed by atoms with Crippen molar-refractivity contribution in [2.45, 2.75) is 82.3 Å². The molecule has 14 heteroatoms. The van der Waals surface area contributed by atoms with Gasteiger partial charge < -0.3 is 24.2 Å². The number of hydrogen-bond acceptors (Lipinski definition) is 9. The number of anilines is 2. The maximum Gasteiger partial charge on any atom is 0.304 e. The van der Waals surface area contributed by atoms with Gasteiger partial charge in [0, 0.05) is 41.3 Å². The summed E-state index contributed by atoms with van der Waals surface area (Å²) in [4.78, 5) is 43.1. The number of methoxy groups -OCH3 is 1. The number of carbonyl (C=O) groups excluding carboxylic acids is 3. The van der Waals surface area contributed by atoms with Crippen LogP contribution in [0.3, 0.4) is 0 Å². The number of nitrogens with zero attached hydrogens (tertiary/aromatic N) is 5. The fraction of sp³-hybridized carbons (Fsp3) is 0.356. The highest BCUT2D eigenvalue weighted by Gasteiger charge is 2.66. The number of esters is 1. The molecule has 1 aromatic heterocycles. The molecule has 3 aliphatic heterocycles. The van der Waals surface area contributed by atoms with Gasteiger partial charge in [0.25, 0.3) is 5.91 Å². The Labute approximate surface area is 353 Å². The summed E-state index contributed by atoms with van der Waals surface area (Å²) in [6, 6.07) is 31.5. The quantitative estimate of drug-likeness (QED) is 0.0784. The maximum atomic E-state index is 15.4. The number of hydrogen-bond donors (Lipinski definition) is 1. The van der Waals surface area contributed by atoms with Gasteiger partial charge in [-0.1, -0.05) is 101 Å². The minimum atomic E-state index is -2.42. The van der Waals surface area contributed by atoms with Gasteiger partial charge in [0.1, 0.15) is 5.75 Å². The Morgan fingerprint density at radius 2 is 1.80 bits per heavy atom. The van der Waals surface area contributed by atoms with Crippen molar-refractivity contribution >= 4 is 58.3 Å². The summed E-state index contributed by atoms with van der Waals surface area (Å²) in [7, 11) is -0.758. The number of halogens is 1. The predicted molar refractivity (Wildman–Crippen MR) is 229 cm³/mol. The van der Waals surface area contributed by atoms with Crippen molar-refractivity contribution in [3.63, 3.8) is 0 Å². The Balaban J connectivity index is 1.13. The number of carbonyl (C=O) groups is 3. The molecule has 6 atom stereocenters. The summed E-state index contributed by atoms with van der Waals surface area (Å²) >= 11 is 3.71. The average molecular weight is 879 g/mol. The molecule has 0 saturated carbocycles. The lowest BCUT2D eigenvalue weighted by molar-refractivity contribution is -0.154. The molecule has 0 aliphatic carbocycles. The molecule has 4 aromatic carbocycles. The van der Waals surface area contributed by atoms with Gasteiger partial charge in [-0.2, -0.15) is 0 Å². The molecule has 1 N–H and O–H groups in total. The Morgan fingerprint density at radius 1 is 1.03 bits per heavy atom. The Bertz CT molecular complexity index is 2380. The second-order valence-corrected chi connectivity index (χ2v) is 21.9. The summed E-state index contributed by atoms with van der Waals surface area (Å²) < 4.78 is 20.9. The Kier molecular flexibility index (Phi) is 11.1. The first kappa shape index (κ1) is 40.6. The highest BCUT2D eigenvalue weighted by Crippen LogP contribution is 2.60. The molecule has 0 radical (unpaired) electrons. The van der Waals surface area contributed by atoms with E-state index < -0.39 is 25.9 Å². The van der Waals surface area contributed by atoms with E-state index in [2.05, 4.69) is 58.4 Å². The summed E-state index contributed by atoms with van der Waals surface area (Å²) in [6.45, 7) is 8.85. The summed E-state index contributed by atoms with van der Waals surface area (Å²) in [6.07, 6.45) is 1.62. The highest BCUT2D eigenvalue weighted by atomic mass is 79.9. The second-order valence-electron chi connectivity index (χ2n) is 16.3. The van der Waals surface area contributed by atoms with Crippen molar-refractivity contribution in [1.29, 1.82) is 0 Å². The molecule has 2 unspecified atom stereocenters. The second kappa shape index (κ2) is 16.1. The van der Waals surface area contributed by atoms with Crippen LogP contribution < -0.4 is 19.7 Å². The fourth-order valence-corrected chi connectivity index (χ4v) is 14.0. The van der Waals surface area contributed by atoms with E-state index in [0.717, 1.165) is 32.6 Å². The minimum Gasteiger partial charge on any atom is -0.497 e. The molecule has 1 spiro atoms. The molecule has 3 aliphatic rings. The third-order valence-electron chi connectivity index (χ3n) is 12.5. The predicted octanol–water partition coefficient (Wildman–Crippen LogP) is 6.65. The number of fused-ring (bicyclic) bond motifs is 2. The van der Waals surface area contributed by atoms with E-state index in [-0.39, 0.29) is 54.9 Å². The molecule has 306 valence electrons. The van der Waals surface area contributed by atoms with Crippen LogP contribution in [0.15, 0.2) is 108 Å². The number of amides is 2. The molecule has 4 heterocycles. The van der Waals surface area contributed by atoms with Crippen LogP contribution in [-0.4, -0.2) is 72.0 Å². The van der Waals surface area contributed by atoms with Gasteiger partial charge in [0.2, 0.25) is 5.91 Å². The molecule has 2 saturated heterocycles. The first-order valence-electron chi connectivity index (χ1n) is 19.9. The van der Waals surface area contributed by atoms with Gasteiger partial charge >= 0.3 is 5.97 Å². The topological polar surface area (TPSA) is 136 Å². The molecular weight excluding hydrogens is 831 g/mol. The lowest BCUT2D eigenvalue weighted by Gasteiger charge is -2.39. The molecule has 0 bridgehead atoms. The van der Waals surface area contributed by atoms with Crippen molar-refractivity contribution in [2.75, 3.05) is 23.5 Å². The van der Waals surface area contributed by atoms with Crippen LogP contribution in [0.4, 0.5) is 11.4 Å². The number of benzene rings is 4. The van der Waals surface area contributed by atoms with Gasteiger partial charge in [-0.05, 0) is 65.6 Å². The van der Waals surface area contributed by atoms with E-state index in [9.17, 15) is 14.7 Å². The van der Waals surface area contributed by atoms with Crippen molar-refractivity contribution in [2.24, 2.45) is 5.92 Å². The number of ether oxygens (including phenoxy) is 3. The fourth-order valence-electron chi connectivity index (χ4n) is 9.58. The summed E-state index contributed by atoms with van der Waals surface area (Å²) in [5.74, 6) is -0.468. The number of aryl methyl sites for hydroxylation is 1. The maximum absolute atomic E-state index is 15.4. The van der Waals surface area contributed by atoms with Crippen LogP contribution in [0.2, 0.25) is 18.6 Å². The zero-order valence-electron chi connectivity index (χ0n) is 33.7. The molecular formula is C45H48BrN5O7Si. The molecule has 59 heavy (non-hydrogen) atoms. The van der Waals surface area contributed by atoms with Gasteiger partial charge in [-0.3, -0.25) is 24.0 Å². The largest absolute Gasteiger partial charge is 0.497 e. The molecule has 2 fully saturated rings. The average Bonchev–Trinajstić information content (AvgIpc) is 3.87. The number of aliphatic hydroxyl groups excluding tert-OH is 1. The van der Waals surface area contributed by atoms with Crippen LogP contribution in [-0.2, 0) is 42.5 Å². The van der Waals surface area contributed by atoms with Crippen LogP contribution in [0.5, 0.6) is 5.75 Å². The van der Waals surface area contributed by atoms with Gasteiger partial charge in [0.15, 0.2) is 11.8 Å². The van der Waals surface area contributed by atoms with E-state index in [0.29, 0.717) is 24.3 Å². The third kappa shape index (κ3) is 7.30. The van der Waals surface area contributed by atoms with Crippen molar-refractivity contribution in [3.05, 3.63) is 130 Å². The lowest BCUT2D eigenvalue weighted by atomic mass is 9.82. The SMILES string of the molecule is COc1ccc([Si](C)(C)[C@@H]2[C@@H](CCn3cc(C(CO)c4ccccc4)nn3)O[C@]3(C(=O)N(Cc4cccc(N5C(=O)CC5OC(C)=O)c4)c4ccc(Br)cc43)[C@H]2C)cc1. The van der Waals surface area contributed by atoms with Gasteiger partial charge in [-0.15, -0.1) is 5.10 Å². The first-order chi connectivity index (χ1) is 28.3. The lowest BCUT2D eigenvalue weighted by Crippen LogP contribution is -2.54. The van der Waals surface area contributed by atoms with E-state index in [1.807, 2.05) is 101 Å². The number of aliphatic hydroxyl groups is 1. The normalized spacial score (nSPS) is 23.0. The van der Waals surface area contributed by atoms with E-state index in [4.69, 9.17) is 14.2 Å². The van der Waals surface area contributed by atoms with Gasteiger partial charge in [0.05, 0.1) is 58.2 Å². The van der Waals surface area contributed by atoms with Crippen molar-refractivity contribution < 1.29 is 33.7 Å². The molecule has 5 aromatic rings. The summed E-state index contributed by atoms with van der Waals surface area (Å²) in [5.41, 5.74) is 3.38. The number of β-lactam (4-membered cyclic amide) rings is 1. The van der Waals surface area contributed by atoms with Crippen LogP contribution in [0, 0.1) is 5.92 Å². The van der Waals surface area contributed by atoms with Crippen LogP contribution in [0.1, 0.15) is 55.0 Å². The number of aromatic nitrogens is 3. The smallest absolute Gasteiger partial charge is 0.304 e. The Morgan fingerprint density at radius 3 is 2.49 bits per heavy atom. The molecule has 2 amide bonds. The highest BCUT2D eigenvalue weighted by molar-refractivity contribution is 9.10. The molecule has 12 nitrogen and oxygen atoms in total. The van der Waals surface area contributed by atoms with Crippen LogP contribution in [0.25, 0.3) is 0 Å². The first-order valence-corrected chi connectivity index (χ1v) is 23.8. The van der Waals surface area contributed by atoms with E-state index in [1.54, 1.807) is 7.11 Å². The zero-order valence-corrected chi connectivity index (χ0v) is 36.3. The zero-order chi connectivity index (χ0) is 41.6. The van der Waals surface area contributed by atoms with Crippen LogP contribution >= 0.6 is 15.9 Å². The monoisotopic (exact) mass is 877 g/mol. The standard InChI is InChI=1S/C45H48BrN5O7Si/c1-28-43(59(4,5)35-17-15-34(56-3)16-18-35)40(20-21-49-26-38(47-48-49)36(27-52)31-11-7-6-8-12-31)58-45(28)37-23-32(46)14-19-39(37)50(44(45)55)25-30-10-9-13-33(22-30)51-41(54)24-42(51)57-29(2)53/h6-19,22-23,26,28,36,40,42-43,52H,20-21,24-25,27H2,1-5H3/t28-,36?,40+,42?,43-,45+/m0/s1.